The summed E-state index contributed by atoms with van der Waals surface area (Å²) in [5.41, 5.74) is 2.09. The van der Waals surface area contributed by atoms with Crippen molar-refractivity contribution in [1.82, 2.24) is 4.90 Å². The number of rotatable bonds is 8. The van der Waals surface area contributed by atoms with Crippen LogP contribution in [0.1, 0.15) is 25.3 Å². The first-order valence-electron chi connectivity index (χ1n) is 10.2. The number of anilines is 1. The molecule has 2 aromatic carbocycles. The van der Waals surface area contributed by atoms with Crippen LogP contribution in [0.5, 0.6) is 11.5 Å². The molecule has 0 spiro atoms. The molecule has 29 heavy (non-hydrogen) atoms. The summed E-state index contributed by atoms with van der Waals surface area (Å²) in [6.45, 7) is 8.21. The summed E-state index contributed by atoms with van der Waals surface area (Å²) >= 11 is 6.03. The molecule has 5 nitrogen and oxygen atoms in total. The van der Waals surface area contributed by atoms with E-state index in [4.69, 9.17) is 21.1 Å². The number of hydrogen-bond acceptors (Lipinski definition) is 4. The predicted octanol–water partition coefficient (Wildman–Crippen LogP) is 4.55. The van der Waals surface area contributed by atoms with E-state index in [2.05, 4.69) is 11.0 Å². The lowest BCUT2D eigenvalue weighted by atomic mass is 10.2. The van der Waals surface area contributed by atoms with E-state index in [1.54, 1.807) is 0 Å². The van der Waals surface area contributed by atoms with E-state index in [1.807, 2.05) is 55.1 Å². The predicted molar refractivity (Wildman–Crippen MR) is 117 cm³/mol. The zero-order valence-electron chi connectivity index (χ0n) is 17.2. The van der Waals surface area contributed by atoms with Gasteiger partial charge in [-0.25, -0.2) is 0 Å². The monoisotopic (exact) mass is 416 g/mol. The van der Waals surface area contributed by atoms with Gasteiger partial charge in [-0.1, -0.05) is 23.7 Å². The second-order valence-corrected chi connectivity index (χ2v) is 7.54. The molecule has 6 heteroatoms. The Kier molecular flexibility index (Phi) is 7.64. The average Bonchev–Trinajstić information content (AvgIpc) is 2.74. The summed E-state index contributed by atoms with van der Waals surface area (Å²) < 4.78 is 11.5. The van der Waals surface area contributed by atoms with E-state index in [1.165, 1.54) is 0 Å². The molecule has 3 rings (SSSR count). The van der Waals surface area contributed by atoms with Gasteiger partial charge in [-0.05, 0) is 56.2 Å². The molecule has 1 fully saturated rings. The number of nitrogens with zero attached hydrogens (tertiary/aromatic N) is 2. The fourth-order valence-corrected chi connectivity index (χ4v) is 3.59. The highest BCUT2D eigenvalue weighted by Gasteiger charge is 2.22. The maximum Gasteiger partial charge on any atom is 0.222 e. The molecule has 0 saturated carbocycles. The number of halogens is 1. The minimum absolute atomic E-state index is 0.193. The molecule has 0 aliphatic carbocycles. The molecule has 0 aromatic heterocycles. The van der Waals surface area contributed by atoms with Gasteiger partial charge in [0.25, 0.3) is 0 Å². The molecule has 0 N–H and O–H groups in total. The molecule has 1 aliphatic rings. The van der Waals surface area contributed by atoms with Crippen molar-refractivity contribution in [1.29, 1.82) is 0 Å². The first-order valence-corrected chi connectivity index (χ1v) is 10.6. The van der Waals surface area contributed by atoms with Crippen LogP contribution in [0, 0.1) is 6.92 Å². The van der Waals surface area contributed by atoms with Gasteiger partial charge in [0.15, 0.2) is 0 Å². The molecule has 0 radical (unpaired) electrons. The van der Waals surface area contributed by atoms with E-state index in [0.29, 0.717) is 26.1 Å². The Morgan fingerprint density at radius 2 is 1.83 bits per heavy atom. The molecular formula is C23H29ClN2O3. The average molecular weight is 417 g/mol. The van der Waals surface area contributed by atoms with Crippen molar-refractivity contribution in [2.24, 2.45) is 0 Å². The lowest BCUT2D eigenvalue weighted by molar-refractivity contribution is -0.131. The van der Waals surface area contributed by atoms with Crippen LogP contribution >= 0.6 is 11.6 Å². The summed E-state index contributed by atoms with van der Waals surface area (Å²) in [7, 11) is 0. The molecule has 0 unspecified atom stereocenters. The Balaban J connectivity index is 1.41. The van der Waals surface area contributed by atoms with Crippen LogP contribution in [0.15, 0.2) is 42.5 Å². The Hall–Kier alpha value is -2.40. The van der Waals surface area contributed by atoms with Crippen molar-refractivity contribution in [3.05, 3.63) is 53.1 Å². The van der Waals surface area contributed by atoms with E-state index in [9.17, 15) is 4.79 Å². The minimum atomic E-state index is 0.193. The van der Waals surface area contributed by atoms with Crippen molar-refractivity contribution in [2.45, 2.75) is 26.7 Å². The van der Waals surface area contributed by atoms with E-state index >= 15 is 0 Å². The van der Waals surface area contributed by atoms with E-state index in [-0.39, 0.29) is 5.91 Å². The third kappa shape index (κ3) is 5.80. The number of amides is 1. The second-order valence-electron chi connectivity index (χ2n) is 7.13. The van der Waals surface area contributed by atoms with Gasteiger partial charge in [-0.3, -0.25) is 4.79 Å². The summed E-state index contributed by atoms with van der Waals surface area (Å²) in [6.07, 6.45) is 1.20. The largest absolute Gasteiger partial charge is 0.494 e. The van der Waals surface area contributed by atoms with Gasteiger partial charge < -0.3 is 19.3 Å². The first-order chi connectivity index (χ1) is 14.1. The van der Waals surface area contributed by atoms with Crippen LogP contribution in [0.3, 0.4) is 0 Å². The summed E-state index contributed by atoms with van der Waals surface area (Å²) in [5, 5.41) is 0.732. The lowest BCUT2D eigenvalue weighted by Gasteiger charge is -2.36. The van der Waals surface area contributed by atoms with Crippen molar-refractivity contribution in [2.75, 3.05) is 44.3 Å². The summed E-state index contributed by atoms with van der Waals surface area (Å²) in [5.74, 6) is 1.89. The van der Waals surface area contributed by atoms with E-state index < -0.39 is 0 Å². The topological polar surface area (TPSA) is 42.0 Å². The Morgan fingerprint density at radius 1 is 1.07 bits per heavy atom. The maximum absolute atomic E-state index is 12.5. The quantitative estimate of drug-likeness (QED) is 0.592. The van der Waals surface area contributed by atoms with Gasteiger partial charge >= 0.3 is 0 Å². The molecule has 1 heterocycles. The van der Waals surface area contributed by atoms with Gasteiger partial charge in [-0.2, -0.15) is 0 Å². The number of hydrogen-bond donors (Lipinski definition) is 0. The fraction of sp³-hybridized carbons (Fsp3) is 0.435. The van der Waals surface area contributed by atoms with E-state index in [0.717, 1.165) is 54.0 Å². The second kappa shape index (κ2) is 10.4. The smallest absolute Gasteiger partial charge is 0.222 e. The van der Waals surface area contributed by atoms with Crippen LogP contribution in [0.25, 0.3) is 0 Å². The highest BCUT2D eigenvalue weighted by Crippen LogP contribution is 2.29. The summed E-state index contributed by atoms with van der Waals surface area (Å²) in [6, 6.07) is 13.7. The van der Waals surface area contributed by atoms with Crippen LogP contribution in [-0.2, 0) is 4.79 Å². The highest BCUT2D eigenvalue weighted by atomic mass is 35.5. The lowest BCUT2D eigenvalue weighted by Crippen LogP contribution is -2.48. The third-order valence-corrected chi connectivity index (χ3v) is 5.50. The molecule has 1 aliphatic heterocycles. The van der Waals surface area contributed by atoms with Crippen LogP contribution in [0.2, 0.25) is 5.02 Å². The normalized spacial score (nSPS) is 14.0. The standard InChI is InChI=1S/C23H29ClN2O3/c1-3-28-22-8-5-4-7-21(22)25-12-14-26(15-13-25)23(27)9-6-16-29-19-10-11-20(24)18(2)17-19/h4-5,7-8,10-11,17H,3,6,9,12-16H2,1-2H3. The number of piperazine rings is 1. The molecular weight excluding hydrogens is 388 g/mol. The number of carbonyl (C=O) groups excluding carboxylic acids is 1. The molecule has 2 aromatic rings. The highest BCUT2D eigenvalue weighted by molar-refractivity contribution is 6.31. The molecule has 1 saturated heterocycles. The van der Waals surface area contributed by atoms with Gasteiger partial charge in [0.2, 0.25) is 5.91 Å². The minimum Gasteiger partial charge on any atom is -0.494 e. The Labute approximate surface area is 178 Å². The van der Waals surface area contributed by atoms with Crippen LogP contribution < -0.4 is 14.4 Å². The summed E-state index contributed by atoms with van der Waals surface area (Å²) in [4.78, 5) is 16.8. The Morgan fingerprint density at radius 3 is 2.55 bits per heavy atom. The SMILES string of the molecule is CCOc1ccccc1N1CCN(C(=O)CCCOc2ccc(Cl)c(C)c2)CC1. The van der Waals surface area contributed by atoms with Crippen molar-refractivity contribution >= 4 is 23.2 Å². The van der Waals surface area contributed by atoms with Gasteiger partial charge in [0, 0.05) is 37.6 Å². The number of carbonyl (C=O) groups is 1. The first kappa shape index (κ1) is 21.3. The number of ether oxygens (including phenoxy) is 2. The zero-order valence-corrected chi connectivity index (χ0v) is 18.0. The molecule has 1 amide bonds. The zero-order chi connectivity index (χ0) is 20.6. The van der Waals surface area contributed by atoms with Crippen molar-refractivity contribution in [3.8, 4) is 11.5 Å². The van der Waals surface area contributed by atoms with Crippen molar-refractivity contribution in [3.63, 3.8) is 0 Å². The maximum atomic E-state index is 12.5. The van der Waals surface area contributed by atoms with Gasteiger partial charge in [0.1, 0.15) is 11.5 Å². The fourth-order valence-electron chi connectivity index (χ4n) is 3.47. The number of benzene rings is 2. The van der Waals surface area contributed by atoms with Crippen molar-refractivity contribution < 1.29 is 14.3 Å². The molecule has 156 valence electrons. The number of para-hydroxylation sites is 2. The Bertz CT molecular complexity index is 820. The van der Waals surface area contributed by atoms with Crippen LogP contribution in [0.4, 0.5) is 5.69 Å². The molecule has 0 atom stereocenters. The van der Waals surface area contributed by atoms with Gasteiger partial charge in [-0.15, -0.1) is 0 Å². The number of aryl methyl sites for hydroxylation is 1. The molecule has 0 bridgehead atoms. The van der Waals surface area contributed by atoms with Crippen LogP contribution in [-0.4, -0.2) is 50.2 Å². The van der Waals surface area contributed by atoms with Gasteiger partial charge in [0.05, 0.1) is 18.9 Å². The third-order valence-electron chi connectivity index (χ3n) is 5.07.